The monoisotopic (exact) mass is 491 g/mol. The third kappa shape index (κ3) is 6.55. The molecule has 0 bridgehead atoms. The second-order valence-electron chi connectivity index (χ2n) is 9.01. The number of nitrogens with one attached hydrogen (secondary N) is 2. The maximum atomic E-state index is 13.1. The summed E-state index contributed by atoms with van der Waals surface area (Å²) in [5, 5.41) is 15.7. The maximum Gasteiger partial charge on any atom is 0.255 e. The van der Waals surface area contributed by atoms with Crippen LogP contribution in [0.25, 0.3) is 0 Å². The van der Waals surface area contributed by atoms with Gasteiger partial charge in [0.1, 0.15) is 5.75 Å². The van der Waals surface area contributed by atoms with Crippen LogP contribution < -0.4 is 15.4 Å². The third-order valence-corrected chi connectivity index (χ3v) is 6.98. The second kappa shape index (κ2) is 13.5. The number of para-hydroxylation sites is 1. The number of carbonyl (C=O) groups is 1. The molecule has 2 N–H and O–H groups in total. The Morgan fingerprint density at radius 2 is 1.81 bits per heavy atom. The molecular weight excluding hydrogens is 454 g/mol. The molecule has 2 aromatic rings. The molecule has 8 heteroatoms. The van der Waals surface area contributed by atoms with Gasteiger partial charge in [0.05, 0.1) is 19.3 Å². The zero-order valence-corrected chi connectivity index (χ0v) is 21.5. The van der Waals surface area contributed by atoms with E-state index in [1.165, 1.54) is 5.56 Å². The highest BCUT2D eigenvalue weighted by atomic mass is 16.5. The van der Waals surface area contributed by atoms with Crippen molar-refractivity contribution in [2.75, 3.05) is 40.5 Å². The largest absolute Gasteiger partial charge is 0.496 e. The van der Waals surface area contributed by atoms with Crippen molar-refractivity contribution in [2.45, 2.75) is 44.1 Å². The molecule has 1 amide bonds. The quantitative estimate of drug-likeness (QED) is 0.299. The summed E-state index contributed by atoms with van der Waals surface area (Å²) in [5.74, 6) is 1.02. The van der Waals surface area contributed by atoms with Crippen LogP contribution in [0.15, 0.2) is 59.6 Å². The molecule has 192 valence electrons. The van der Waals surface area contributed by atoms with Gasteiger partial charge in [0.15, 0.2) is 0 Å². The standard InChI is InChI=1S/C28H37N5O3/c1-4-30-27(32-21-29)33(18-19-35-2)23-14-16-28(17-15-23,22-10-6-5-7-11-22)20-31-26(34)24-12-8-9-13-25(24)36-3/h5-13,23H,4,14-20H2,1-3H3,(H,30,32)(H,31,34)/t23-,28-. The number of rotatable bonds is 10. The summed E-state index contributed by atoms with van der Waals surface area (Å²) in [6.07, 6.45) is 5.52. The number of amides is 1. The number of nitriles is 1. The number of ether oxygens (including phenoxy) is 2. The molecule has 1 saturated carbocycles. The number of aliphatic imine (C=N–C) groups is 1. The van der Waals surface area contributed by atoms with Crippen LogP contribution in [0.2, 0.25) is 0 Å². The summed E-state index contributed by atoms with van der Waals surface area (Å²) in [6, 6.07) is 17.9. The fourth-order valence-corrected chi connectivity index (χ4v) is 5.06. The molecule has 0 saturated heterocycles. The summed E-state index contributed by atoms with van der Waals surface area (Å²) >= 11 is 0. The lowest BCUT2D eigenvalue weighted by molar-refractivity contribution is 0.0920. The van der Waals surface area contributed by atoms with Gasteiger partial charge in [-0.3, -0.25) is 4.79 Å². The molecule has 1 fully saturated rings. The van der Waals surface area contributed by atoms with E-state index in [0.29, 0.717) is 43.5 Å². The van der Waals surface area contributed by atoms with Crippen molar-refractivity contribution in [1.29, 1.82) is 5.26 Å². The molecule has 0 aliphatic heterocycles. The molecule has 0 unspecified atom stereocenters. The van der Waals surface area contributed by atoms with Gasteiger partial charge in [-0.2, -0.15) is 5.26 Å². The van der Waals surface area contributed by atoms with E-state index in [2.05, 4.69) is 44.8 Å². The van der Waals surface area contributed by atoms with Crippen molar-refractivity contribution < 1.29 is 14.3 Å². The van der Waals surface area contributed by atoms with Crippen molar-refractivity contribution >= 4 is 11.9 Å². The Morgan fingerprint density at radius 3 is 2.44 bits per heavy atom. The SMILES string of the molecule is CCNC(=NC#N)N(CCOC)[C@H]1CC[C@](CNC(=O)c2ccccc2OC)(c2ccccc2)CC1. The molecule has 3 rings (SSSR count). The molecule has 0 aromatic heterocycles. The van der Waals surface area contributed by atoms with Gasteiger partial charge < -0.3 is 25.0 Å². The normalized spacial score (nSPS) is 19.7. The van der Waals surface area contributed by atoms with E-state index < -0.39 is 0 Å². The minimum absolute atomic E-state index is 0.137. The number of hydrogen-bond acceptors (Lipinski definition) is 5. The Kier molecular flexibility index (Phi) is 10.1. The highest BCUT2D eigenvalue weighted by Gasteiger charge is 2.39. The number of guanidine groups is 1. The number of benzene rings is 2. The zero-order valence-electron chi connectivity index (χ0n) is 21.5. The zero-order chi connectivity index (χ0) is 25.8. The average molecular weight is 492 g/mol. The van der Waals surface area contributed by atoms with Crippen molar-refractivity contribution in [3.05, 3.63) is 65.7 Å². The van der Waals surface area contributed by atoms with Crippen LogP contribution in [0.1, 0.15) is 48.5 Å². The van der Waals surface area contributed by atoms with E-state index in [0.717, 1.165) is 25.7 Å². The van der Waals surface area contributed by atoms with Crippen molar-refractivity contribution in [1.82, 2.24) is 15.5 Å². The Hall–Kier alpha value is -3.57. The van der Waals surface area contributed by atoms with Crippen LogP contribution in [0, 0.1) is 11.5 Å². The molecule has 0 heterocycles. The van der Waals surface area contributed by atoms with Crippen LogP contribution >= 0.6 is 0 Å². The van der Waals surface area contributed by atoms with E-state index in [9.17, 15) is 10.1 Å². The van der Waals surface area contributed by atoms with E-state index >= 15 is 0 Å². The Labute approximate surface area is 214 Å². The van der Waals surface area contributed by atoms with Crippen LogP contribution in [-0.2, 0) is 10.2 Å². The smallest absolute Gasteiger partial charge is 0.255 e. The van der Waals surface area contributed by atoms with E-state index in [1.807, 2.05) is 31.3 Å². The lowest BCUT2D eigenvalue weighted by Gasteiger charge is -2.44. The lowest BCUT2D eigenvalue weighted by Crippen LogP contribution is -2.52. The molecule has 0 spiro atoms. The first kappa shape index (κ1) is 27.0. The van der Waals surface area contributed by atoms with Gasteiger partial charge >= 0.3 is 0 Å². The van der Waals surface area contributed by atoms with Gasteiger partial charge in [0.2, 0.25) is 12.2 Å². The highest BCUT2D eigenvalue weighted by Crippen LogP contribution is 2.40. The molecule has 8 nitrogen and oxygen atoms in total. The summed E-state index contributed by atoms with van der Waals surface area (Å²) in [7, 11) is 3.25. The predicted octanol–water partition coefficient (Wildman–Crippen LogP) is 3.70. The predicted molar refractivity (Wildman–Crippen MR) is 141 cm³/mol. The first-order valence-electron chi connectivity index (χ1n) is 12.5. The van der Waals surface area contributed by atoms with Gasteiger partial charge in [-0.15, -0.1) is 4.99 Å². The molecule has 2 aromatic carbocycles. The molecule has 36 heavy (non-hydrogen) atoms. The molecule has 0 atom stereocenters. The summed E-state index contributed by atoms with van der Waals surface area (Å²) in [6.45, 7) is 4.40. The number of nitrogens with zero attached hydrogens (tertiary/aromatic N) is 3. The van der Waals surface area contributed by atoms with Crippen molar-refractivity contribution in [2.24, 2.45) is 4.99 Å². The Bertz CT molecular complexity index is 1040. The minimum Gasteiger partial charge on any atom is -0.496 e. The number of carbonyl (C=O) groups excluding carboxylic acids is 1. The maximum absolute atomic E-state index is 13.1. The van der Waals surface area contributed by atoms with Crippen LogP contribution in [0.3, 0.4) is 0 Å². The second-order valence-corrected chi connectivity index (χ2v) is 9.01. The first-order chi connectivity index (χ1) is 17.6. The van der Waals surface area contributed by atoms with Gasteiger partial charge in [0.25, 0.3) is 5.91 Å². The third-order valence-electron chi connectivity index (χ3n) is 6.98. The molecular formula is C28H37N5O3. The molecule has 1 aliphatic carbocycles. The van der Waals surface area contributed by atoms with Gasteiger partial charge in [-0.05, 0) is 50.3 Å². The highest BCUT2D eigenvalue weighted by molar-refractivity contribution is 5.97. The van der Waals surface area contributed by atoms with Crippen LogP contribution in [0.5, 0.6) is 5.75 Å². The fraction of sp³-hybridized carbons (Fsp3) is 0.464. The number of methoxy groups -OCH3 is 2. The van der Waals surface area contributed by atoms with Gasteiger partial charge in [0, 0.05) is 38.2 Å². The minimum atomic E-state index is -0.187. The van der Waals surface area contributed by atoms with E-state index in [1.54, 1.807) is 26.4 Å². The van der Waals surface area contributed by atoms with Crippen molar-refractivity contribution in [3.63, 3.8) is 0 Å². The first-order valence-corrected chi connectivity index (χ1v) is 12.5. The Morgan fingerprint density at radius 1 is 1.11 bits per heavy atom. The molecule has 1 aliphatic rings. The average Bonchev–Trinajstić information content (AvgIpc) is 2.93. The van der Waals surface area contributed by atoms with Crippen molar-refractivity contribution in [3.8, 4) is 11.9 Å². The summed E-state index contributed by atoms with van der Waals surface area (Å²) in [5.41, 5.74) is 1.57. The van der Waals surface area contributed by atoms with Crippen LogP contribution in [-0.4, -0.2) is 63.3 Å². The summed E-state index contributed by atoms with van der Waals surface area (Å²) in [4.78, 5) is 19.3. The lowest BCUT2D eigenvalue weighted by atomic mass is 9.67. The Balaban J connectivity index is 1.80. The van der Waals surface area contributed by atoms with E-state index in [4.69, 9.17) is 9.47 Å². The van der Waals surface area contributed by atoms with Crippen LogP contribution in [0.4, 0.5) is 0 Å². The topological polar surface area (TPSA) is 99.0 Å². The molecule has 0 radical (unpaired) electrons. The number of hydrogen-bond donors (Lipinski definition) is 2. The van der Waals surface area contributed by atoms with Gasteiger partial charge in [-0.1, -0.05) is 42.5 Å². The van der Waals surface area contributed by atoms with E-state index in [-0.39, 0.29) is 17.4 Å². The van der Waals surface area contributed by atoms with Gasteiger partial charge in [-0.25, -0.2) is 0 Å². The summed E-state index contributed by atoms with van der Waals surface area (Å²) < 4.78 is 10.7. The fourth-order valence-electron chi connectivity index (χ4n) is 5.06.